The molecule has 2 heterocycles. The number of aromatic nitrogens is 2. The van der Waals surface area contributed by atoms with Gasteiger partial charge in [-0.1, -0.05) is 23.2 Å². The summed E-state index contributed by atoms with van der Waals surface area (Å²) in [5.74, 6) is -0.226. The lowest BCUT2D eigenvalue weighted by Crippen LogP contribution is -2.37. The summed E-state index contributed by atoms with van der Waals surface area (Å²) in [6.07, 6.45) is 3.28. The molecular formula is C12H15Cl2N3O2. The van der Waals surface area contributed by atoms with E-state index in [1.165, 1.54) is 6.07 Å². The molecule has 1 aromatic rings. The van der Waals surface area contributed by atoms with Gasteiger partial charge >= 0.3 is 0 Å². The van der Waals surface area contributed by atoms with Gasteiger partial charge in [-0.15, -0.1) is 10.2 Å². The first-order valence-electron chi connectivity index (χ1n) is 6.13. The smallest absolute Gasteiger partial charge is 0.256 e. The highest BCUT2D eigenvalue weighted by atomic mass is 35.5. The molecule has 1 fully saturated rings. The van der Waals surface area contributed by atoms with E-state index in [-0.39, 0.29) is 27.9 Å². The fourth-order valence-electron chi connectivity index (χ4n) is 2.05. The molecule has 1 aromatic heterocycles. The maximum Gasteiger partial charge on any atom is 0.256 e. The summed E-state index contributed by atoms with van der Waals surface area (Å²) in [6.45, 7) is 1.30. The van der Waals surface area contributed by atoms with Crippen molar-refractivity contribution in [3.05, 3.63) is 21.9 Å². The Balaban J connectivity index is 2.03. The van der Waals surface area contributed by atoms with E-state index in [2.05, 4.69) is 10.2 Å². The molecule has 19 heavy (non-hydrogen) atoms. The summed E-state index contributed by atoms with van der Waals surface area (Å²) in [7, 11) is 1.71. The second-order valence-corrected chi connectivity index (χ2v) is 5.29. The van der Waals surface area contributed by atoms with Gasteiger partial charge in [-0.3, -0.25) is 4.79 Å². The molecule has 0 saturated carbocycles. The fraction of sp³-hybridized carbons (Fsp3) is 0.583. The first-order valence-corrected chi connectivity index (χ1v) is 6.89. The van der Waals surface area contributed by atoms with Gasteiger partial charge in [0.1, 0.15) is 0 Å². The van der Waals surface area contributed by atoms with Gasteiger partial charge in [0.25, 0.3) is 5.91 Å². The Labute approximate surface area is 121 Å². The normalized spacial score (nSPS) is 19.2. The van der Waals surface area contributed by atoms with Gasteiger partial charge in [0.05, 0.1) is 11.7 Å². The van der Waals surface area contributed by atoms with Crippen molar-refractivity contribution in [3.8, 4) is 0 Å². The summed E-state index contributed by atoms with van der Waals surface area (Å²) in [5.41, 5.74) is 0.264. The van der Waals surface area contributed by atoms with Crippen LogP contribution in [0.3, 0.4) is 0 Å². The number of amides is 1. The third-order valence-corrected chi connectivity index (χ3v) is 3.51. The highest BCUT2D eigenvalue weighted by Gasteiger charge is 2.22. The maximum absolute atomic E-state index is 12.3. The average Bonchev–Trinajstić information content (AvgIpc) is 2.42. The van der Waals surface area contributed by atoms with Gasteiger partial charge in [0, 0.05) is 20.2 Å². The summed E-state index contributed by atoms with van der Waals surface area (Å²) in [4.78, 5) is 13.8. The first kappa shape index (κ1) is 14.5. The van der Waals surface area contributed by atoms with E-state index in [4.69, 9.17) is 27.9 Å². The minimum absolute atomic E-state index is 0.0609. The molecule has 1 aliphatic heterocycles. The van der Waals surface area contributed by atoms with E-state index in [1.807, 2.05) is 0 Å². The van der Waals surface area contributed by atoms with E-state index in [1.54, 1.807) is 11.9 Å². The van der Waals surface area contributed by atoms with E-state index in [9.17, 15) is 4.79 Å². The standard InChI is InChI=1S/C12H15Cl2N3O2/c1-17(7-8-4-2-3-5-19-8)12(18)9-6-10(13)15-16-11(9)14/h6,8H,2-5,7H2,1H3. The Kier molecular flexibility index (Phi) is 4.96. The van der Waals surface area contributed by atoms with E-state index < -0.39 is 0 Å². The predicted molar refractivity (Wildman–Crippen MR) is 72.6 cm³/mol. The zero-order valence-electron chi connectivity index (χ0n) is 10.6. The molecular weight excluding hydrogens is 289 g/mol. The van der Waals surface area contributed by atoms with Gasteiger partial charge in [-0.2, -0.15) is 0 Å². The molecule has 0 bridgehead atoms. The third kappa shape index (κ3) is 3.78. The number of ether oxygens (including phenoxy) is 1. The molecule has 0 aromatic carbocycles. The third-order valence-electron chi connectivity index (χ3n) is 3.05. The minimum Gasteiger partial charge on any atom is -0.376 e. The van der Waals surface area contributed by atoms with Crippen LogP contribution in [0.25, 0.3) is 0 Å². The molecule has 0 radical (unpaired) electrons. The summed E-state index contributed by atoms with van der Waals surface area (Å²) in [5, 5.41) is 7.43. The highest BCUT2D eigenvalue weighted by molar-refractivity contribution is 6.34. The van der Waals surface area contributed by atoms with Gasteiger partial charge < -0.3 is 9.64 Å². The molecule has 0 aliphatic carbocycles. The van der Waals surface area contributed by atoms with Crippen LogP contribution in [0.5, 0.6) is 0 Å². The molecule has 1 saturated heterocycles. The Hall–Kier alpha value is -0.910. The Morgan fingerprint density at radius 2 is 2.26 bits per heavy atom. The summed E-state index contributed by atoms with van der Waals surface area (Å²) in [6, 6.07) is 1.43. The Morgan fingerprint density at radius 3 is 2.95 bits per heavy atom. The zero-order chi connectivity index (χ0) is 13.8. The SMILES string of the molecule is CN(CC1CCCCO1)C(=O)c1cc(Cl)nnc1Cl. The van der Waals surface area contributed by atoms with E-state index in [0.29, 0.717) is 6.54 Å². The average molecular weight is 304 g/mol. The molecule has 5 nitrogen and oxygen atoms in total. The van der Waals surface area contributed by atoms with E-state index in [0.717, 1.165) is 25.9 Å². The number of carbonyl (C=O) groups excluding carboxylic acids is 1. The van der Waals surface area contributed by atoms with Gasteiger partial charge in [0.2, 0.25) is 0 Å². The van der Waals surface area contributed by atoms with Crippen molar-refractivity contribution in [1.82, 2.24) is 15.1 Å². The van der Waals surface area contributed by atoms with Crippen LogP contribution >= 0.6 is 23.2 Å². The monoisotopic (exact) mass is 303 g/mol. The molecule has 1 aliphatic rings. The van der Waals surface area contributed by atoms with Crippen molar-refractivity contribution >= 4 is 29.1 Å². The number of hydrogen-bond acceptors (Lipinski definition) is 4. The molecule has 2 rings (SSSR count). The molecule has 104 valence electrons. The van der Waals surface area contributed by atoms with Crippen LogP contribution in [-0.4, -0.2) is 47.3 Å². The van der Waals surface area contributed by atoms with Crippen molar-refractivity contribution < 1.29 is 9.53 Å². The largest absolute Gasteiger partial charge is 0.376 e. The topological polar surface area (TPSA) is 55.3 Å². The van der Waals surface area contributed by atoms with Crippen LogP contribution < -0.4 is 0 Å². The maximum atomic E-state index is 12.3. The van der Waals surface area contributed by atoms with Crippen molar-refractivity contribution in [2.24, 2.45) is 0 Å². The van der Waals surface area contributed by atoms with Gasteiger partial charge in [0.15, 0.2) is 10.3 Å². The lowest BCUT2D eigenvalue weighted by Gasteiger charge is -2.27. The van der Waals surface area contributed by atoms with Crippen molar-refractivity contribution in [2.75, 3.05) is 20.2 Å². The number of rotatable bonds is 3. The van der Waals surface area contributed by atoms with Crippen LogP contribution in [0.4, 0.5) is 0 Å². The van der Waals surface area contributed by atoms with Crippen LogP contribution in [0.2, 0.25) is 10.3 Å². The van der Waals surface area contributed by atoms with Crippen LogP contribution in [0.1, 0.15) is 29.6 Å². The van der Waals surface area contributed by atoms with Crippen molar-refractivity contribution in [2.45, 2.75) is 25.4 Å². The predicted octanol–water partition coefficient (Wildman–Crippen LogP) is 2.42. The second kappa shape index (κ2) is 6.50. The molecule has 1 atom stereocenters. The fourth-order valence-corrected chi connectivity index (χ4v) is 2.37. The molecule has 7 heteroatoms. The second-order valence-electron chi connectivity index (χ2n) is 4.55. The molecule has 1 amide bonds. The quantitative estimate of drug-likeness (QED) is 0.860. The lowest BCUT2D eigenvalue weighted by atomic mass is 10.1. The van der Waals surface area contributed by atoms with E-state index >= 15 is 0 Å². The summed E-state index contributed by atoms with van der Waals surface area (Å²) >= 11 is 11.6. The van der Waals surface area contributed by atoms with Crippen molar-refractivity contribution in [1.29, 1.82) is 0 Å². The lowest BCUT2D eigenvalue weighted by molar-refractivity contribution is -0.000195. The minimum atomic E-state index is -0.226. The molecule has 0 spiro atoms. The van der Waals surface area contributed by atoms with Crippen LogP contribution in [0, 0.1) is 0 Å². The molecule has 0 N–H and O–H groups in total. The first-order chi connectivity index (χ1) is 9.08. The van der Waals surface area contributed by atoms with Gasteiger partial charge in [-0.05, 0) is 25.3 Å². The number of halogens is 2. The number of carbonyl (C=O) groups is 1. The number of nitrogens with zero attached hydrogens (tertiary/aromatic N) is 3. The van der Waals surface area contributed by atoms with Crippen molar-refractivity contribution in [3.63, 3.8) is 0 Å². The highest BCUT2D eigenvalue weighted by Crippen LogP contribution is 2.19. The molecule has 1 unspecified atom stereocenters. The number of likely N-dealkylation sites (N-methyl/N-ethyl adjacent to an activating group) is 1. The number of hydrogen-bond donors (Lipinski definition) is 0. The summed E-state index contributed by atoms with van der Waals surface area (Å²) < 4.78 is 5.61. The Morgan fingerprint density at radius 1 is 1.47 bits per heavy atom. The van der Waals surface area contributed by atoms with Crippen LogP contribution in [-0.2, 0) is 4.74 Å². The van der Waals surface area contributed by atoms with Gasteiger partial charge in [-0.25, -0.2) is 0 Å². The zero-order valence-corrected chi connectivity index (χ0v) is 12.1. The Bertz CT molecular complexity index is 464. The van der Waals surface area contributed by atoms with Crippen LogP contribution in [0.15, 0.2) is 6.07 Å².